The molecule has 0 saturated carbocycles. The van der Waals surface area contributed by atoms with E-state index in [1.807, 2.05) is 51.1 Å². The van der Waals surface area contributed by atoms with Gasteiger partial charge in [-0.05, 0) is 50.1 Å². The van der Waals surface area contributed by atoms with Crippen molar-refractivity contribution in [3.8, 4) is 5.75 Å². The van der Waals surface area contributed by atoms with Gasteiger partial charge in [-0.25, -0.2) is 4.99 Å². The van der Waals surface area contributed by atoms with E-state index in [-0.39, 0.29) is 29.9 Å². The first-order valence-corrected chi connectivity index (χ1v) is 9.60. The van der Waals surface area contributed by atoms with Crippen LogP contribution in [0.2, 0.25) is 0 Å². The van der Waals surface area contributed by atoms with Crippen LogP contribution in [-0.2, 0) is 13.1 Å². The Kier molecular flexibility index (Phi) is 11.1. The third kappa shape index (κ3) is 7.92. The Labute approximate surface area is 190 Å². The Morgan fingerprint density at radius 2 is 1.79 bits per heavy atom. The van der Waals surface area contributed by atoms with Gasteiger partial charge in [0.2, 0.25) is 0 Å². The summed E-state index contributed by atoms with van der Waals surface area (Å²) >= 11 is 0. The molecule has 0 radical (unpaired) electrons. The monoisotopic (exact) mass is 510 g/mol. The predicted octanol–water partition coefficient (Wildman–Crippen LogP) is 3.63. The first-order valence-electron chi connectivity index (χ1n) is 9.60. The Hall–Kier alpha value is -2.29. The summed E-state index contributed by atoms with van der Waals surface area (Å²) in [5.41, 5.74) is 3.86. The number of carbonyl (C=O) groups excluding carboxylic acids is 1. The number of hydrogen-bond acceptors (Lipinski definition) is 3. The van der Waals surface area contributed by atoms with E-state index in [9.17, 15) is 4.79 Å². The molecule has 0 aliphatic heterocycles. The van der Waals surface area contributed by atoms with Crippen LogP contribution < -0.4 is 20.7 Å². The molecule has 2 aromatic carbocycles. The Balaban J connectivity index is 0.00000420. The van der Waals surface area contributed by atoms with Crippen LogP contribution in [-0.4, -0.2) is 32.1 Å². The van der Waals surface area contributed by atoms with E-state index in [1.54, 1.807) is 7.11 Å². The quantitative estimate of drug-likeness (QED) is 0.288. The Morgan fingerprint density at radius 1 is 1.03 bits per heavy atom. The summed E-state index contributed by atoms with van der Waals surface area (Å²) in [6, 6.07) is 13.7. The average Bonchev–Trinajstić information content (AvgIpc) is 2.71. The highest BCUT2D eigenvalue weighted by Crippen LogP contribution is 2.19. The molecule has 0 bridgehead atoms. The van der Waals surface area contributed by atoms with Crippen LogP contribution in [0, 0.1) is 6.92 Å². The van der Waals surface area contributed by atoms with Crippen molar-refractivity contribution in [3.63, 3.8) is 0 Å². The molecule has 7 heteroatoms. The summed E-state index contributed by atoms with van der Waals surface area (Å²) in [6.07, 6.45) is 0. The van der Waals surface area contributed by atoms with Crippen molar-refractivity contribution in [2.45, 2.75) is 33.9 Å². The Morgan fingerprint density at radius 3 is 2.48 bits per heavy atom. The lowest BCUT2D eigenvalue weighted by molar-refractivity contribution is 0.0955. The summed E-state index contributed by atoms with van der Waals surface area (Å²) in [6.45, 7) is 8.43. The van der Waals surface area contributed by atoms with E-state index in [0.717, 1.165) is 29.0 Å². The molecular weight excluding hydrogens is 479 g/mol. The van der Waals surface area contributed by atoms with Crippen molar-refractivity contribution in [2.24, 2.45) is 4.99 Å². The molecule has 0 unspecified atom stereocenters. The standard InChI is InChI=1S/C22H30N4O2.HI/c1-5-23-21(27)18-9-7-8-17(13-18)14-25-22(24-6-2)26-15-19-11-10-16(3)12-20(19)28-4;/h7-13H,5-6,14-15H2,1-4H3,(H,23,27)(H2,24,25,26);1H. The summed E-state index contributed by atoms with van der Waals surface area (Å²) in [7, 11) is 1.68. The molecule has 2 aromatic rings. The van der Waals surface area contributed by atoms with Crippen molar-refractivity contribution in [1.82, 2.24) is 16.0 Å². The predicted molar refractivity (Wildman–Crippen MR) is 129 cm³/mol. The van der Waals surface area contributed by atoms with Crippen LogP contribution in [0.3, 0.4) is 0 Å². The van der Waals surface area contributed by atoms with Crippen LogP contribution in [0.25, 0.3) is 0 Å². The van der Waals surface area contributed by atoms with Gasteiger partial charge in [-0.1, -0.05) is 24.3 Å². The molecule has 0 spiro atoms. The zero-order valence-corrected chi connectivity index (χ0v) is 19.9. The van der Waals surface area contributed by atoms with Crippen molar-refractivity contribution < 1.29 is 9.53 Å². The lowest BCUT2D eigenvalue weighted by Crippen LogP contribution is -2.36. The number of hydrogen-bond donors (Lipinski definition) is 3. The molecule has 0 aliphatic rings. The van der Waals surface area contributed by atoms with E-state index >= 15 is 0 Å². The molecule has 6 nitrogen and oxygen atoms in total. The van der Waals surface area contributed by atoms with Gasteiger partial charge in [-0.2, -0.15) is 0 Å². The summed E-state index contributed by atoms with van der Waals surface area (Å²) < 4.78 is 5.47. The maximum atomic E-state index is 12.0. The van der Waals surface area contributed by atoms with Crippen LogP contribution in [0.5, 0.6) is 5.75 Å². The molecule has 29 heavy (non-hydrogen) atoms. The van der Waals surface area contributed by atoms with Crippen LogP contribution in [0.15, 0.2) is 47.5 Å². The molecule has 0 aliphatic carbocycles. The lowest BCUT2D eigenvalue weighted by Gasteiger charge is -2.14. The fourth-order valence-electron chi connectivity index (χ4n) is 2.76. The fraction of sp³-hybridized carbons (Fsp3) is 0.364. The number of halogens is 1. The number of carbonyl (C=O) groups is 1. The number of benzene rings is 2. The van der Waals surface area contributed by atoms with Crippen LogP contribution in [0.4, 0.5) is 0 Å². The second-order valence-electron chi connectivity index (χ2n) is 6.42. The SMILES string of the molecule is CCNC(=O)c1cccc(CN=C(NCC)NCc2ccc(C)cc2OC)c1.I. The number of methoxy groups -OCH3 is 1. The molecule has 2 rings (SSSR count). The van der Waals surface area contributed by atoms with Gasteiger partial charge in [0.1, 0.15) is 5.75 Å². The minimum absolute atomic E-state index is 0. The molecule has 0 fully saturated rings. The number of aliphatic imine (C=N–C) groups is 1. The van der Waals surface area contributed by atoms with Crippen molar-refractivity contribution >= 4 is 35.8 Å². The van der Waals surface area contributed by atoms with Gasteiger partial charge < -0.3 is 20.7 Å². The third-order valence-corrected chi connectivity index (χ3v) is 4.18. The molecule has 3 N–H and O–H groups in total. The highest BCUT2D eigenvalue weighted by molar-refractivity contribution is 14.0. The number of aryl methyl sites for hydroxylation is 1. The molecule has 1 amide bonds. The third-order valence-electron chi connectivity index (χ3n) is 4.18. The summed E-state index contributed by atoms with van der Waals surface area (Å²) in [5, 5.41) is 9.40. The van der Waals surface area contributed by atoms with Gasteiger partial charge in [0.15, 0.2) is 5.96 Å². The highest BCUT2D eigenvalue weighted by atomic mass is 127. The van der Waals surface area contributed by atoms with E-state index < -0.39 is 0 Å². The topological polar surface area (TPSA) is 74.8 Å². The summed E-state index contributed by atoms with van der Waals surface area (Å²) in [4.78, 5) is 16.6. The normalized spacial score (nSPS) is 10.7. The maximum absolute atomic E-state index is 12.0. The minimum Gasteiger partial charge on any atom is -0.496 e. The van der Waals surface area contributed by atoms with E-state index in [1.165, 1.54) is 0 Å². The number of ether oxygens (including phenoxy) is 1. The number of rotatable bonds is 8. The average molecular weight is 510 g/mol. The van der Waals surface area contributed by atoms with Crippen LogP contribution in [0.1, 0.15) is 40.9 Å². The molecule has 0 atom stereocenters. The van der Waals surface area contributed by atoms with Crippen molar-refractivity contribution in [1.29, 1.82) is 0 Å². The second kappa shape index (κ2) is 13.0. The smallest absolute Gasteiger partial charge is 0.251 e. The molecule has 158 valence electrons. The van der Waals surface area contributed by atoms with Gasteiger partial charge >= 0.3 is 0 Å². The van der Waals surface area contributed by atoms with E-state index in [0.29, 0.717) is 31.2 Å². The van der Waals surface area contributed by atoms with Gasteiger partial charge in [-0.3, -0.25) is 4.79 Å². The number of nitrogens with zero attached hydrogens (tertiary/aromatic N) is 1. The van der Waals surface area contributed by atoms with Crippen molar-refractivity contribution in [2.75, 3.05) is 20.2 Å². The molecule has 0 aromatic heterocycles. The van der Waals surface area contributed by atoms with Crippen LogP contribution >= 0.6 is 24.0 Å². The zero-order chi connectivity index (χ0) is 20.4. The van der Waals surface area contributed by atoms with E-state index in [2.05, 4.69) is 33.1 Å². The molecular formula is C22H31IN4O2. The zero-order valence-electron chi connectivity index (χ0n) is 17.5. The maximum Gasteiger partial charge on any atom is 0.251 e. The first kappa shape index (κ1) is 24.7. The largest absolute Gasteiger partial charge is 0.496 e. The van der Waals surface area contributed by atoms with Gasteiger partial charge in [0.25, 0.3) is 5.91 Å². The van der Waals surface area contributed by atoms with Crippen molar-refractivity contribution in [3.05, 3.63) is 64.7 Å². The highest BCUT2D eigenvalue weighted by Gasteiger charge is 2.06. The summed E-state index contributed by atoms with van der Waals surface area (Å²) in [5.74, 6) is 1.51. The number of amides is 1. The lowest BCUT2D eigenvalue weighted by atomic mass is 10.1. The number of guanidine groups is 1. The van der Waals surface area contributed by atoms with Gasteiger partial charge in [0.05, 0.1) is 13.7 Å². The second-order valence-corrected chi connectivity index (χ2v) is 6.42. The molecule has 0 heterocycles. The number of nitrogens with one attached hydrogen (secondary N) is 3. The van der Waals surface area contributed by atoms with Gasteiger partial charge in [0, 0.05) is 30.8 Å². The first-order chi connectivity index (χ1) is 13.6. The Bertz CT molecular complexity index is 824. The fourth-order valence-corrected chi connectivity index (χ4v) is 2.76. The van der Waals surface area contributed by atoms with Gasteiger partial charge in [-0.15, -0.1) is 24.0 Å². The molecule has 0 saturated heterocycles. The van der Waals surface area contributed by atoms with E-state index in [4.69, 9.17) is 4.74 Å². The minimum atomic E-state index is -0.0650.